The highest BCUT2D eigenvalue weighted by atomic mass is 16.3. The molecule has 1 saturated carbocycles. The summed E-state index contributed by atoms with van der Waals surface area (Å²) in [4.78, 5) is 21.9. The molecule has 4 rings (SSSR count). The van der Waals surface area contributed by atoms with Crippen molar-refractivity contribution < 1.29 is 9.90 Å². The molecule has 0 saturated heterocycles. The number of hydrogen-bond donors (Lipinski definition) is 3. The molecule has 1 fully saturated rings. The maximum atomic E-state index is 13.0. The van der Waals surface area contributed by atoms with Gasteiger partial charge in [0.2, 0.25) is 0 Å². The molecule has 31 heavy (non-hydrogen) atoms. The van der Waals surface area contributed by atoms with Crippen molar-refractivity contribution >= 4 is 22.6 Å². The normalized spacial score (nSPS) is 18.7. The zero-order valence-corrected chi connectivity index (χ0v) is 17.7. The van der Waals surface area contributed by atoms with E-state index in [1.807, 2.05) is 36.7 Å². The molecule has 3 aromatic heterocycles. The minimum absolute atomic E-state index is 0.0643. The lowest BCUT2D eigenvalue weighted by atomic mass is 9.93. The Labute approximate surface area is 180 Å². The minimum atomic E-state index is -0.262. The highest BCUT2D eigenvalue weighted by molar-refractivity contribution is 5.99. The van der Waals surface area contributed by atoms with Crippen LogP contribution in [0.4, 0.5) is 5.69 Å². The predicted octanol–water partition coefficient (Wildman–Crippen LogP) is 3.15. The fourth-order valence-electron chi connectivity index (χ4n) is 3.94. The van der Waals surface area contributed by atoms with Gasteiger partial charge < -0.3 is 15.7 Å². The Kier molecular flexibility index (Phi) is 5.87. The second kappa shape index (κ2) is 8.74. The first-order valence-corrected chi connectivity index (χ1v) is 10.6. The van der Waals surface area contributed by atoms with Gasteiger partial charge in [-0.2, -0.15) is 5.26 Å². The first-order chi connectivity index (χ1) is 14.9. The van der Waals surface area contributed by atoms with Crippen molar-refractivity contribution in [1.82, 2.24) is 19.9 Å². The SMILES string of the molecule is CC(C)Nc1cc(-n2ccc3cc(C#N)cnc32)ncc1C(=O)N[C@H]1CC[C@H](O)CC1. The summed E-state index contributed by atoms with van der Waals surface area (Å²) in [6.07, 6.45) is 7.68. The van der Waals surface area contributed by atoms with E-state index in [0.29, 0.717) is 41.1 Å². The van der Waals surface area contributed by atoms with E-state index in [9.17, 15) is 9.90 Å². The van der Waals surface area contributed by atoms with E-state index in [1.54, 1.807) is 12.3 Å². The number of aromatic nitrogens is 3. The lowest BCUT2D eigenvalue weighted by molar-refractivity contribution is 0.0868. The van der Waals surface area contributed by atoms with E-state index in [0.717, 1.165) is 18.2 Å². The van der Waals surface area contributed by atoms with Gasteiger partial charge in [-0.05, 0) is 51.7 Å². The number of amides is 1. The average molecular weight is 419 g/mol. The summed E-state index contributed by atoms with van der Waals surface area (Å²) in [6, 6.07) is 7.81. The second-order valence-corrected chi connectivity index (χ2v) is 8.30. The molecular weight excluding hydrogens is 392 g/mol. The summed E-state index contributed by atoms with van der Waals surface area (Å²) in [6.45, 7) is 4.03. The number of carbonyl (C=O) groups excluding carboxylic acids is 1. The Balaban J connectivity index is 1.64. The van der Waals surface area contributed by atoms with Crippen LogP contribution in [0.3, 0.4) is 0 Å². The molecule has 3 N–H and O–H groups in total. The lowest BCUT2D eigenvalue weighted by Crippen LogP contribution is -2.39. The van der Waals surface area contributed by atoms with Crippen LogP contribution in [0.5, 0.6) is 0 Å². The number of aliphatic hydroxyl groups excluding tert-OH is 1. The number of carbonyl (C=O) groups is 1. The van der Waals surface area contributed by atoms with Crippen LogP contribution in [-0.2, 0) is 0 Å². The van der Waals surface area contributed by atoms with E-state index in [2.05, 4.69) is 26.7 Å². The van der Waals surface area contributed by atoms with Crippen LogP contribution in [0, 0.1) is 11.3 Å². The van der Waals surface area contributed by atoms with E-state index in [4.69, 9.17) is 5.26 Å². The Morgan fingerprint density at radius 1 is 1.23 bits per heavy atom. The number of fused-ring (bicyclic) bond motifs is 1. The van der Waals surface area contributed by atoms with Crippen molar-refractivity contribution in [2.24, 2.45) is 0 Å². The highest BCUT2D eigenvalue weighted by Crippen LogP contribution is 2.24. The first kappa shape index (κ1) is 20.8. The van der Waals surface area contributed by atoms with Crippen molar-refractivity contribution in [3.63, 3.8) is 0 Å². The molecule has 0 bridgehead atoms. The Hall–Kier alpha value is -3.44. The Bertz CT molecular complexity index is 1140. The molecule has 8 heteroatoms. The molecule has 1 amide bonds. The van der Waals surface area contributed by atoms with Gasteiger partial charge in [0.1, 0.15) is 17.5 Å². The Morgan fingerprint density at radius 2 is 2.00 bits per heavy atom. The minimum Gasteiger partial charge on any atom is -0.393 e. The van der Waals surface area contributed by atoms with Crippen LogP contribution < -0.4 is 10.6 Å². The van der Waals surface area contributed by atoms with Gasteiger partial charge in [0.15, 0.2) is 0 Å². The molecule has 0 radical (unpaired) electrons. The van der Waals surface area contributed by atoms with Gasteiger partial charge in [0.05, 0.1) is 22.9 Å². The third-order valence-electron chi connectivity index (χ3n) is 5.51. The van der Waals surface area contributed by atoms with Crippen molar-refractivity contribution in [1.29, 1.82) is 5.26 Å². The van der Waals surface area contributed by atoms with Crippen molar-refractivity contribution in [3.8, 4) is 11.9 Å². The topological polar surface area (TPSA) is 116 Å². The summed E-state index contributed by atoms with van der Waals surface area (Å²) in [5.74, 6) is 0.463. The fourth-order valence-corrected chi connectivity index (χ4v) is 3.94. The third-order valence-corrected chi connectivity index (χ3v) is 5.51. The molecule has 1 aliphatic carbocycles. The van der Waals surface area contributed by atoms with Crippen LogP contribution >= 0.6 is 0 Å². The van der Waals surface area contributed by atoms with Gasteiger partial charge in [0, 0.05) is 42.1 Å². The number of aliphatic hydroxyl groups is 1. The number of pyridine rings is 2. The number of rotatable bonds is 5. The van der Waals surface area contributed by atoms with Gasteiger partial charge in [-0.3, -0.25) is 9.36 Å². The zero-order valence-electron chi connectivity index (χ0n) is 17.7. The van der Waals surface area contributed by atoms with Gasteiger partial charge in [0.25, 0.3) is 5.91 Å². The summed E-state index contributed by atoms with van der Waals surface area (Å²) < 4.78 is 1.84. The largest absolute Gasteiger partial charge is 0.393 e. The number of nitrogens with zero attached hydrogens (tertiary/aromatic N) is 4. The maximum Gasteiger partial charge on any atom is 0.255 e. The molecule has 160 valence electrons. The molecule has 0 unspecified atom stereocenters. The van der Waals surface area contributed by atoms with Crippen LogP contribution in [0.15, 0.2) is 36.8 Å². The molecule has 1 aliphatic rings. The van der Waals surface area contributed by atoms with E-state index in [1.165, 1.54) is 6.20 Å². The highest BCUT2D eigenvalue weighted by Gasteiger charge is 2.23. The fraction of sp³-hybridized carbons (Fsp3) is 0.391. The number of nitrogens with one attached hydrogen (secondary N) is 2. The summed E-state index contributed by atoms with van der Waals surface area (Å²) in [5, 5.41) is 26.1. The van der Waals surface area contributed by atoms with Crippen LogP contribution in [0.1, 0.15) is 55.5 Å². The van der Waals surface area contributed by atoms with E-state index >= 15 is 0 Å². The number of hydrogen-bond acceptors (Lipinski definition) is 6. The monoisotopic (exact) mass is 418 g/mol. The number of anilines is 1. The zero-order chi connectivity index (χ0) is 22.0. The average Bonchev–Trinajstić information content (AvgIpc) is 3.18. The summed E-state index contributed by atoms with van der Waals surface area (Å²) in [7, 11) is 0. The van der Waals surface area contributed by atoms with E-state index < -0.39 is 0 Å². The molecule has 0 aromatic carbocycles. The van der Waals surface area contributed by atoms with Gasteiger partial charge in [-0.25, -0.2) is 9.97 Å². The number of nitriles is 1. The molecule has 0 aliphatic heterocycles. The van der Waals surface area contributed by atoms with Crippen LogP contribution in [-0.4, -0.2) is 43.7 Å². The standard InChI is InChI=1S/C23H26N6O2/c1-14(2)27-20-10-21(29-8-7-16-9-15(11-24)12-26-22(16)29)25-13-19(20)23(31)28-17-3-5-18(30)6-4-17/h7-10,12-14,17-18,30H,3-6H2,1-2H3,(H,25,27)(H,28,31)/t17-,18-. The van der Waals surface area contributed by atoms with Gasteiger partial charge >= 0.3 is 0 Å². The van der Waals surface area contributed by atoms with Crippen LogP contribution in [0.2, 0.25) is 0 Å². The van der Waals surface area contributed by atoms with Gasteiger partial charge in [-0.1, -0.05) is 0 Å². The lowest BCUT2D eigenvalue weighted by Gasteiger charge is -2.26. The van der Waals surface area contributed by atoms with Crippen molar-refractivity contribution in [3.05, 3.63) is 47.9 Å². The summed E-state index contributed by atoms with van der Waals surface area (Å²) >= 11 is 0. The molecule has 3 aromatic rings. The molecule has 0 atom stereocenters. The summed E-state index contributed by atoms with van der Waals surface area (Å²) in [5.41, 5.74) is 2.38. The first-order valence-electron chi connectivity index (χ1n) is 10.6. The second-order valence-electron chi connectivity index (χ2n) is 8.30. The Morgan fingerprint density at radius 3 is 2.71 bits per heavy atom. The van der Waals surface area contributed by atoms with Gasteiger partial charge in [-0.15, -0.1) is 0 Å². The van der Waals surface area contributed by atoms with Crippen molar-refractivity contribution in [2.75, 3.05) is 5.32 Å². The molecule has 0 spiro atoms. The quantitative estimate of drug-likeness (QED) is 0.586. The molecule has 8 nitrogen and oxygen atoms in total. The van der Waals surface area contributed by atoms with Crippen LogP contribution in [0.25, 0.3) is 16.9 Å². The predicted molar refractivity (Wildman–Crippen MR) is 118 cm³/mol. The van der Waals surface area contributed by atoms with Crippen molar-refractivity contribution in [2.45, 2.75) is 57.7 Å². The van der Waals surface area contributed by atoms with E-state index in [-0.39, 0.29) is 24.1 Å². The molecular formula is C23H26N6O2. The third kappa shape index (κ3) is 4.52. The smallest absolute Gasteiger partial charge is 0.255 e. The maximum absolute atomic E-state index is 13.0. The molecule has 3 heterocycles.